The van der Waals surface area contributed by atoms with Crippen molar-refractivity contribution in [2.45, 2.75) is 32.9 Å². The van der Waals surface area contributed by atoms with Crippen LogP contribution >= 0.6 is 0 Å². The van der Waals surface area contributed by atoms with E-state index in [-0.39, 0.29) is 30.4 Å². The van der Waals surface area contributed by atoms with Gasteiger partial charge in [0.15, 0.2) is 5.78 Å². The molecule has 0 unspecified atom stereocenters. The van der Waals surface area contributed by atoms with E-state index in [0.29, 0.717) is 0 Å². The van der Waals surface area contributed by atoms with Gasteiger partial charge in [0.2, 0.25) is 5.91 Å². The molecule has 0 saturated heterocycles. The number of ketones is 1. The van der Waals surface area contributed by atoms with Gasteiger partial charge in [-0.3, -0.25) is 9.59 Å². The Morgan fingerprint density at radius 2 is 1.66 bits per heavy atom. The molecule has 2 rings (SSSR count). The van der Waals surface area contributed by atoms with Crippen LogP contribution in [0.15, 0.2) is 54.6 Å². The number of hydrogen-bond donors (Lipinski definition) is 2. The molecule has 0 bridgehead atoms. The van der Waals surface area contributed by atoms with Gasteiger partial charge in [0.1, 0.15) is 18.0 Å². The Morgan fingerprint density at radius 3 is 2.24 bits per heavy atom. The molecule has 0 fully saturated rings. The van der Waals surface area contributed by atoms with Crippen molar-refractivity contribution in [2.24, 2.45) is 5.92 Å². The lowest BCUT2D eigenvalue weighted by atomic mass is 9.87. The van der Waals surface area contributed by atoms with E-state index in [1.54, 1.807) is 20.8 Å². The molecule has 2 aromatic carbocycles. The largest absolute Gasteiger partial charge is 0.445 e. The molecule has 0 aromatic heterocycles. The van der Waals surface area contributed by atoms with Crippen molar-refractivity contribution in [3.63, 3.8) is 0 Å². The maximum atomic E-state index is 13.0. The minimum atomic E-state index is -1.28. The molecule has 7 heteroatoms. The first-order valence-electron chi connectivity index (χ1n) is 9.28. The van der Waals surface area contributed by atoms with Crippen molar-refractivity contribution in [3.05, 3.63) is 71.5 Å². The van der Waals surface area contributed by atoms with Crippen molar-refractivity contribution in [3.8, 4) is 0 Å². The van der Waals surface area contributed by atoms with Gasteiger partial charge >= 0.3 is 6.09 Å². The second-order valence-electron chi connectivity index (χ2n) is 7.16. The van der Waals surface area contributed by atoms with Gasteiger partial charge in [-0.1, -0.05) is 44.2 Å². The number of hydrogen-bond acceptors (Lipinski definition) is 4. The zero-order valence-electron chi connectivity index (χ0n) is 16.7. The monoisotopic (exact) mass is 400 g/mol. The summed E-state index contributed by atoms with van der Waals surface area (Å²) < 4.78 is 18.2. The van der Waals surface area contributed by atoms with E-state index < -0.39 is 23.4 Å². The molecule has 0 radical (unpaired) electrons. The number of alkyl carbamates (subject to hydrolysis) is 1. The Labute approximate surface area is 169 Å². The Balaban J connectivity index is 1.94. The molecular formula is C22H25FN2O4. The van der Waals surface area contributed by atoms with Gasteiger partial charge in [0.05, 0.1) is 6.54 Å². The van der Waals surface area contributed by atoms with Gasteiger partial charge in [0.25, 0.3) is 0 Å². The van der Waals surface area contributed by atoms with E-state index in [1.807, 2.05) is 30.3 Å². The lowest BCUT2D eigenvalue weighted by Crippen LogP contribution is -2.60. The molecule has 0 aliphatic heterocycles. The lowest BCUT2D eigenvalue weighted by Gasteiger charge is -2.32. The highest BCUT2D eigenvalue weighted by molar-refractivity contribution is 6.00. The topological polar surface area (TPSA) is 84.5 Å². The fourth-order valence-corrected chi connectivity index (χ4v) is 2.52. The number of halogens is 1. The third-order valence-corrected chi connectivity index (χ3v) is 4.78. The summed E-state index contributed by atoms with van der Waals surface area (Å²) in [6, 6.07) is 14.2. The first-order chi connectivity index (χ1) is 13.7. The molecule has 0 spiro atoms. The molecule has 2 amide bonds. The van der Waals surface area contributed by atoms with Crippen molar-refractivity contribution >= 4 is 17.8 Å². The van der Waals surface area contributed by atoms with Gasteiger partial charge in [-0.25, -0.2) is 9.18 Å². The summed E-state index contributed by atoms with van der Waals surface area (Å²) in [6.07, 6.45) is -0.731. The zero-order chi connectivity index (χ0) is 21.4. The SMILES string of the molecule is CC(C)[C@](C)(NC(=O)OCc1ccccc1)C(=O)NCC(=O)c1ccc(F)cc1. The van der Waals surface area contributed by atoms with Crippen LogP contribution < -0.4 is 10.6 Å². The molecule has 2 aromatic rings. The fourth-order valence-electron chi connectivity index (χ4n) is 2.52. The Morgan fingerprint density at radius 1 is 1.03 bits per heavy atom. The second-order valence-corrected chi connectivity index (χ2v) is 7.16. The first-order valence-corrected chi connectivity index (χ1v) is 9.28. The summed E-state index contributed by atoms with van der Waals surface area (Å²) in [5.74, 6) is -1.60. The summed E-state index contributed by atoms with van der Waals surface area (Å²) in [5, 5.41) is 5.14. The smallest absolute Gasteiger partial charge is 0.408 e. The van der Waals surface area contributed by atoms with Crippen LogP contribution in [0.2, 0.25) is 0 Å². The zero-order valence-corrected chi connectivity index (χ0v) is 16.7. The van der Waals surface area contributed by atoms with Gasteiger partial charge in [-0.2, -0.15) is 0 Å². The maximum Gasteiger partial charge on any atom is 0.408 e. The molecule has 0 heterocycles. The van der Waals surface area contributed by atoms with Crippen LogP contribution in [0.3, 0.4) is 0 Å². The number of Topliss-reactive ketones (excluding diaryl/α,β-unsaturated/α-hetero) is 1. The van der Waals surface area contributed by atoms with Crippen LogP contribution in [-0.2, 0) is 16.1 Å². The highest BCUT2D eigenvalue weighted by Crippen LogP contribution is 2.17. The molecule has 0 saturated carbocycles. The standard InChI is InChI=1S/C22H25FN2O4/c1-15(2)22(3,25-21(28)29-14-16-7-5-4-6-8-16)20(27)24-13-19(26)17-9-11-18(23)12-10-17/h4-12,15H,13-14H2,1-3H3,(H,24,27)(H,25,28)/t22-/m0/s1. The highest BCUT2D eigenvalue weighted by atomic mass is 19.1. The first kappa shape index (κ1) is 22.1. The average molecular weight is 400 g/mol. The van der Waals surface area contributed by atoms with Crippen LogP contribution in [0, 0.1) is 11.7 Å². The van der Waals surface area contributed by atoms with Crippen molar-refractivity contribution in [2.75, 3.05) is 6.54 Å². The van der Waals surface area contributed by atoms with Crippen molar-refractivity contribution in [1.82, 2.24) is 10.6 Å². The predicted molar refractivity (Wildman–Crippen MR) is 107 cm³/mol. The molecule has 0 aliphatic carbocycles. The van der Waals surface area contributed by atoms with Crippen LogP contribution in [0.1, 0.15) is 36.7 Å². The average Bonchev–Trinajstić information content (AvgIpc) is 2.71. The summed E-state index contributed by atoms with van der Waals surface area (Å²) >= 11 is 0. The number of amides is 2. The van der Waals surface area contributed by atoms with E-state index in [0.717, 1.165) is 5.56 Å². The van der Waals surface area contributed by atoms with E-state index >= 15 is 0 Å². The summed E-state index contributed by atoms with van der Waals surface area (Å²) in [6.45, 7) is 4.93. The van der Waals surface area contributed by atoms with Crippen LogP contribution in [0.4, 0.5) is 9.18 Å². The molecule has 0 aliphatic rings. The Kier molecular flexibility index (Phi) is 7.47. The van der Waals surface area contributed by atoms with E-state index in [4.69, 9.17) is 4.74 Å². The minimum Gasteiger partial charge on any atom is -0.445 e. The summed E-state index contributed by atoms with van der Waals surface area (Å²) in [4.78, 5) is 37.1. The van der Waals surface area contributed by atoms with E-state index in [1.165, 1.54) is 24.3 Å². The second kappa shape index (κ2) is 9.82. The molecule has 1 atom stereocenters. The van der Waals surface area contributed by atoms with Crippen molar-refractivity contribution in [1.29, 1.82) is 0 Å². The van der Waals surface area contributed by atoms with Crippen molar-refractivity contribution < 1.29 is 23.5 Å². The van der Waals surface area contributed by atoms with Crippen LogP contribution in [0.5, 0.6) is 0 Å². The van der Waals surface area contributed by atoms with Gasteiger partial charge in [0, 0.05) is 5.56 Å². The third-order valence-electron chi connectivity index (χ3n) is 4.78. The van der Waals surface area contributed by atoms with Crippen LogP contribution in [0.25, 0.3) is 0 Å². The molecule has 29 heavy (non-hydrogen) atoms. The normalized spacial score (nSPS) is 12.7. The molecular weight excluding hydrogens is 375 g/mol. The number of benzene rings is 2. The molecule has 154 valence electrons. The molecule has 6 nitrogen and oxygen atoms in total. The number of ether oxygens (including phenoxy) is 1. The number of carbonyl (C=O) groups excluding carboxylic acids is 3. The Hall–Kier alpha value is -3.22. The number of nitrogens with one attached hydrogen (secondary N) is 2. The Bertz CT molecular complexity index is 853. The van der Waals surface area contributed by atoms with Crippen LogP contribution in [-0.4, -0.2) is 29.9 Å². The highest BCUT2D eigenvalue weighted by Gasteiger charge is 2.38. The number of rotatable bonds is 8. The molecule has 2 N–H and O–H groups in total. The lowest BCUT2D eigenvalue weighted by molar-refractivity contribution is -0.128. The summed E-state index contributed by atoms with van der Waals surface area (Å²) in [7, 11) is 0. The van der Waals surface area contributed by atoms with E-state index in [9.17, 15) is 18.8 Å². The van der Waals surface area contributed by atoms with Gasteiger partial charge in [-0.15, -0.1) is 0 Å². The fraction of sp³-hybridized carbons (Fsp3) is 0.318. The van der Waals surface area contributed by atoms with E-state index in [2.05, 4.69) is 10.6 Å². The van der Waals surface area contributed by atoms with Gasteiger partial charge in [-0.05, 0) is 42.7 Å². The minimum absolute atomic E-state index is 0.0749. The third kappa shape index (κ3) is 6.14. The summed E-state index contributed by atoms with van der Waals surface area (Å²) in [5.41, 5.74) is -0.173. The quantitative estimate of drug-likeness (QED) is 0.665. The van der Waals surface area contributed by atoms with Gasteiger partial charge < -0.3 is 15.4 Å². The number of carbonyl (C=O) groups is 3. The maximum absolute atomic E-state index is 13.0. The predicted octanol–water partition coefficient (Wildman–Crippen LogP) is 3.47.